The van der Waals surface area contributed by atoms with Crippen molar-refractivity contribution in [2.24, 2.45) is 0 Å². The van der Waals surface area contributed by atoms with Gasteiger partial charge in [0.25, 0.3) is 5.91 Å². The molecule has 0 bridgehead atoms. The highest BCUT2D eigenvalue weighted by molar-refractivity contribution is 7.89. The second-order valence-electron chi connectivity index (χ2n) is 4.64. The zero-order valence-corrected chi connectivity index (χ0v) is 14.3. The molecule has 11 heteroatoms. The monoisotopic (exact) mass is 376 g/mol. The van der Waals surface area contributed by atoms with E-state index in [1.165, 1.54) is 0 Å². The van der Waals surface area contributed by atoms with Crippen LogP contribution in [-0.4, -0.2) is 57.5 Å². The molecule has 0 saturated carbocycles. The third-order valence-electron chi connectivity index (χ3n) is 2.75. The number of carbonyl (C=O) groups is 3. The van der Waals surface area contributed by atoms with Crippen molar-refractivity contribution in [2.75, 3.05) is 26.8 Å². The lowest BCUT2D eigenvalue weighted by molar-refractivity contribution is -0.148. The minimum Gasteiger partial charge on any atom is -0.455 e. The Kier molecular flexibility index (Phi) is 7.45. The van der Waals surface area contributed by atoms with Crippen LogP contribution in [0, 0.1) is 5.82 Å². The van der Waals surface area contributed by atoms with E-state index in [-0.39, 0.29) is 11.5 Å². The molecule has 1 aromatic rings. The molecular weight excluding hydrogens is 359 g/mol. The minimum absolute atomic E-state index is 0.0605. The summed E-state index contributed by atoms with van der Waals surface area (Å²) >= 11 is 0. The van der Waals surface area contributed by atoms with E-state index in [9.17, 15) is 27.2 Å². The fourth-order valence-corrected chi connectivity index (χ4v) is 2.68. The number of nitrogens with zero attached hydrogens (tertiary/aromatic N) is 1. The molecule has 0 heterocycles. The molecule has 0 aliphatic heterocycles. The van der Waals surface area contributed by atoms with E-state index in [1.807, 2.05) is 0 Å². The standard InChI is InChI=1S/C14H17FN2O7S/c1-3-23-14(20)16-12(18)9-24-13(19)8-17(2)25(21,22)11-6-4-10(15)5-7-11/h4-7H,3,8-9H2,1-2H3,(H,16,18,20). The average molecular weight is 376 g/mol. The maximum atomic E-state index is 12.8. The SMILES string of the molecule is CCOC(=O)NC(=O)COC(=O)CN(C)S(=O)(=O)c1ccc(F)cc1. The van der Waals surface area contributed by atoms with Crippen LogP contribution in [0.1, 0.15) is 6.92 Å². The largest absolute Gasteiger partial charge is 0.455 e. The molecule has 1 aromatic carbocycles. The van der Waals surface area contributed by atoms with Crippen molar-refractivity contribution >= 4 is 28.0 Å². The molecule has 1 rings (SSSR count). The summed E-state index contributed by atoms with van der Waals surface area (Å²) < 4.78 is 47.0. The van der Waals surface area contributed by atoms with Gasteiger partial charge in [-0.1, -0.05) is 0 Å². The Morgan fingerprint density at radius 3 is 2.32 bits per heavy atom. The summed E-state index contributed by atoms with van der Waals surface area (Å²) in [6.45, 7) is 0.154. The highest BCUT2D eigenvalue weighted by Crippen LogP contribution is 2.14. The maximum absolute atomic E-state index is 12.8. The number of hydrogen-bond donors (Lipinski definition) is 1. The third-order valence-corrected chi connectivity index (χ3v) is 4.57. The van der Waals surface area contributed by atoms with Gasteiger partial charge in [-0.05, 0) is 31.2 Å². The van der Waals surface area contributed by atoms with Crippen molar-refractivity contribution < 1.29 is 36.7 Å². The summed E-state index contributed by atoms with van der Waals surface area (Å²) in [5.74, 6) is -2.53. The van der Waals surface area contributed by atoms with E-state index in [4.69, 9.17) is 0 Å². The van der Waals surface area contributed by atoms with Crippen molar-refractivity contribution in [3.63, 3.8) is 0 Å². The number of hydrogen-bond acceptors (Lipinski definition) is 7. The molecule has 0 atom stereocenters. The lowest BCUT2D eigenvalue weighted by Gasteiger charge is -2.16. The van der Waals surface area contributed by atoms with Gasteiger partial charge in [0.2, 0.25) is 10.0 Å². The predicted molar refractivity (Wildman–Crippen MR) is 82.3 cm³/mol. The van der Waals surface area contributed by atoms with Crippen LogP contribution in [0.2, 0.25) is 0 Å². The first-order valence-electron chi connectivity index (χ1n) is 7.01. The number of ether oxygens (including phenoxy) is 2. The van der Waals surface area contributed by atoms with E-state index >= 15 is 0 Å². The maximum Gasteiger partial charge on any atom is 0.413 e. The van der Waals surface area contributed by atoms with Crippen molar-refractivity contribution in [1.29, 1.82) is 0 Å². The number of imide groups is 1. The average Bonchev–Trinajstić information content (AvgIpc) is 2.53. The number of benzene rings is 1. The predicted octanol–water partition coefficient (Wildman–Crippen LogP) is 0.262. The molecule has 138 valence electrons. The number of esters is 1. The van der Waals surface area contributed by atoms with Gasteiger partial charge in [0, 0.05) is 7.05 Å². The second-order valence-corrected chi connectivity index (χ2v) is 6.69. The summed E-state index contributed by atoms with van der Waals surface area (Å²) in [7, 11) is -2.90. The molecule has 0 fully saturated rings. The molecule has 2 amide bonds. The number of likely N-dealkylation sites (N-methyl/N-ethyl adjacent to an activating group) is 1. The number of carbonyl (C=O) groups excluding carboxylic acids is 3. The Morgan fingerprint density at radius 1 is 1.16 bits per heavy atom. The molecule has 9 nitrogen and oxygen atoms in total. The van der Waals surface area contributed by atoms with Gasteiger partial charge in [-0.25, -0.2) is 17.6 Å². The smallest absolute Gasteiger partial charge is 0.413 e. The zero-order chi connectivity index (χ0) is 19.0. The van der Waals surface area contributed by atoms with Crippen molar-refractivity contribution in [1.82, 2.24) is 9.62 Å². The topological polar surface area (TPSA) is 119 Å². The number of amides is 2. The van der Waals surface area contributed by atoms with Crippen LogP contribution >= 0.6 is 0 Å². The van der Waals surface area contributed by atoms with Crippen LogP contribution in [0.4, 0.5) is 9.18 Å². The van der Waals surface area contributed by atoms with Crippen LogP contribution in [-0.2, 0) is 29.1 Å². The lowest BCUT2D eigenvalue weighted by atomic mass is 10.4. The number of alkyl carbamates (subject to hydrolysis) is 1. The number of rotatable bonds is 7. The Hall–Kier alpha value is -2.53. The van der Waals surface area contributed by atoms with Crippen molar-refractivity contribution in [2.45, 2.75) is 11.8 Å². The summed E-state index contributed by atoms with van der Waals surface area (Å²) in [4.78, 5) is 33.7. The Labute approximate surface area is 143 Å². The zero-order valence-electron chi connectivity index (χ0n) is 13.5. The van der Waals surface area contributed by atoms with E-state index in [2.05, 4.69) is 9.47 Å². The highest BCUT2D eigenvalue weighted by atomic mass is 32.2. The molecule has 0 saturated heterocycles. The number of halogens is 1. The molecule has 0 aliphatic carbocycles. The van der Waals surface area contributed by atoms with E-state index in [0.29, 0.717) is 4.31 Å². The van der Waals surface area contributed by atoms with Gasteiger partial charge < -0.3 is 9.47 Å². The molecule has 1 N–H and O–H groups in total. The first kappa shape index (κ1) is 20.5. The fourth-order valence-electron chi connectivity index (χ4n) is 1.56. The van der Waals surface area contributed by atoms with Gasteiger partial charge in [-0.3, -0.25) is 14.9 Å². The molecule has 0 unspecified atom stereocenters. The van der Waals surface area contributed by atoms with Crippen LogP contribution < -0.4 is 5.32 Å². The quantitative estimate of drug-likeness (QED) is 0.678. The van der Waals surface area contributed by atoms with Gasteiger partial charge in [0.1, 0.15) is 12.4 Å². The van der Waals surface area contributed by atoms with E-state index in [1.54, 1.807) is 12.2 Å². The van der Waals surface area contributed by atoms with Crippen LogP contribution in [0.3, 0.4) is 0 Å². The van der Waals surface area contributed by atoms with Crippen LogP contribution in [0.5, 0.6) is 0 Å². The van der Waals surface area contributed by atoms with E-state index in [0.717, 1.165) is 31.3 Å². The van der Waals surface area contributed by atoms with Gasteiger partial charge in [0.15, 0.2) is 6.61 Å². The van der Waals surface area contributed by atoms with Crippen LogP contribution in [0.15, 0.2) is 29.2 Å². The third kappa shape index (κ3) is 6.47. The molecule has 0 aromatic heterocycles. The van der Waals surface area contributed by atoms with E-state index < -0.39 is 47.0 Å². The summed E-state index contributed by atoms with van der Waals surface area (Å²) in [6.07, 6.45) is -0.987. The lowest BCUT2D eigenvalue weighted by Crippen LogP contribution is -2.37. The number of sulfonamides is 1. The molecule has 25 heavy (non-hydrogen) atoms. The summed E-state index contributed by atoms with van der Waals surface area (Å²) in [5, 5.41) is 1.81. The Balaban J connectivity index is 2.54. The second kappa shape index (κ2) is 9.08. The molecule has 0 spiro atoms. The highest BCUT2D eigenvalue weighted by Gasteiger charge is 2.24. The van der Waals surface area contributed by atoms with Crippen LogP contribution in [0.25, 0.3) is 0 Å². The molecule has 0 radical (unpaired) electrons. The Bertz CT molecular complexity index is 734. The van der Waals surface area contributed by atoms with Crippen molar-refractivity contribution in [3.8, 4) is 0 Å². The first-order chi connectivity index (χ1) is 11.7. The van der Waals surface area contributed by atoms with Crippen molar-refractivity contribution in [3.05, 3.63) is 30.1 Å². The fraction of sp³-hybridized carbons (Fsp3) is 0.357. The summed E-state index contributed by atoms with van der Waals surface area (Å²) in [5.41, 5.74) is 0. The molecule has 0 aliphatic rings. The van der Waals surface area contributed by atoms with Gasteiger partial charge in [-0.2, -0.15) is 4.31 Å². The summed E-state index contributed by atoms with van der Waals surface area (Å²) in [6, 6.07) is 4.05. The number of nitrogens with one attached hydrogen (secondary N) is 1. The van der Waals surface area contributed by atoms with Gasteiger partial charge in [-0.15, -0.1) is 0 Å². The minimum atomic E-state index is -4.02. The first-order valence-corrected chi connectivity index (χ1v) is 8.45. The normalized spacial score (nSPS) is 11.0. The molecular formula is C14H17FN2O7S. The van der Waals surface area contributed by atoms with Gasteiger partial charge in [0.05, 0.1) is 11.5 Å². The Morgan fingerprint density at radius 2 is 1.76 bits per heavy atom. The van der Waals surface area contributed by atoms with Gasteiger partial charge >= 0.3 is 12.1 Å².